The van der Waals surface area contributed by atoms with Crippen molar-refractivity contribution in [2.75, 3.05) is 0 Å². The van der Waals surface area contributed by atoms with Gasteiger partial charge in [-0.1, -0.05) is 12.4 Å². The van der Waals surface area contributed by atoms with Gasteiger partial charge in [-0.3, -0.25) is 0 Å². The molecule has 0 radical (unpaired) electrons. The van der Waals surface area contributed by atoms with Crippen LogP contribution < -0.4 is 51.4 Å². The van der Waals surface area contributed by atoms with Crippen LogP contribution in [0.4, 0.5) is 0 Å². The number of aromatic nitrogens is 1. The van der Waals surface area contributed by atoms with E-state index in [9.17, 15) is 0 Å². The summed E-state index contributed by atoms with van der Waals surface area (Å²) in [5, 5.41) is 21.5. The first-order valence-corrected chi connectivity index (χ1v) is 2.54. The van der Waals surface area contributed by atoms with E-state index in [1.54, 1.807) is 12.4 Å². The van der Waals surface area contributed by atoms with E-state index < -0.39 is 7.32 Å². The van der Waals surface area contributed by atoms with Gasteiger partial charge >= 0.3 is 58.7 Å². The van der Waals surface area contributed by atoms with Gasteiger partial charge in [0.1, 0.15) is 0 Å². The maximum absolute atomic E-state index is 7.17. The van der Waals surface area contributed by atoms with E-state index in [0.717, 1.165) is 0 Å². The van der Waals surface area contributed by atoms with Gasteiger partial charge in [0.05, 0.1) is 0 Å². The molecular weight excluding hydrogens is 172 g/mol. The van der Waals surface area contributed by atoms with Crippen LogP contribution in [-0.4, -0.2) is 27.4 Å². The molecule has 0 aliphatic carbocycles. The van der Waals surface area contributed by atoms with Gasteiger partial charge < -0.3 is 20.1 Å². The van der Waals surface area contributed by atoms with E-state index in [1.807, 2.05) is 12.1 Å². The van der Waals surface area contributed by atoms with Crippen molar-refractivity contribution in [2.45, 2.75) is 0 Å². The van der Waals surface area contributed by atoms with Gasteiger partial charge in [-0.15, -0.1) is 0 Å². The van der Waals surface area contributed by atoms with E-state index in [2.05, 4.69) is 11.1 Å². The second-order valence-corrected chi connectivity index (χ2v) is 1.30. The fraction of sp³-hybridized carbons (Fsp3) is 0. The molecule has 0 amide bonds. The molecule has 54 valence electrons. The van der Waals surface area contributed by atoms with Crippen molar-refractivity contribution in [1.29, 1.82) is 0 Å². The number of rotatable bonds is 0. The average molecular weight is 179 g/mol. The maximum atomic E-state index is 7.17. The molecule has 4 nitrogen and oxygen atoms in total. The molecule has 0 aliphatic rings. The summed E-state index contributed by atoms with van der Waals surface area (Å²) >= 11 is 0. The van der Waals surface area contributed by atoms with Crippen LogP contribution in [-0.2, 0) is 0 Å². The van der Waals surface area contributed by atoms with Gasteiger partial charge in [0.15, 0.2) is 0 Å². The number of hydrogen-bond acceptors (Lipinski definition) is 4. The van der Waals surface area contributed by atoms with Crippen molar-refractivity contribution in [1.82, 2.24) is 4.98 Å². The molecule has 0 atom stereocenters. The Morgan fingerprint density at radius 3 is 1.91 bits per heavy atom. The SMILES string of the molecule is OB(O)O.[K+].[c-]1cccnc1. The Balaban J connectivity index is 0. The molecule has 0 saturated carbocycles. The van der Waals surface area contributed by atoms with Crippen molar-refractivity contribution in [3.05, 3.63) is 30.6 Å². The minimum Gasteiger partial charge on any atom is -0.402 e. The molecule has 0 bridgehead atoms. The first-order chi connectivity index (χ1) is 4.73. The molecule has 0 spiro atoms. The zero-order valence-corrected chi connectivity index (χ0v) is 9.30. The summed E-state index contributed by atoms with van der Waals surface area (Å²) in [6.07, 6.45) is 3.34. The molecule has 3 N–H and O–H groups in total. The average Bonchev–Trinajstić information content (AvgIpc) is 1.90. The second kappa shape index (κ2) is 10.7. The predicted molar refractivity (Wildman–Crippen MR) is 35.5 cm³/mol. The minimum atomic E-state index is -2.17. The van der Waals surface area contributed by atoms with Gasteiger partial charge in [-0.05, 0) is 0 Å². The Kier molecular flexibility index (Phi) is 13.9. The van der Waals surface area contributed by atoms with E-state index in [4.69, 9.17) is 15.1 Å². The van der Waals surface area contributed by atoms with Crippen LogP contribution in [0.2, 0.25) is 0 Å². The zero-order valence-electron chi connectivity index (χ0n) is 6.18. The van der Waals surface area contributed by atoms with Gasteiger partial charge in [0, 0.05) is 0 Å². The zero-order chi connectivity index (χ0) is 7.82. The quantitative estimate of drug-likeness (QED) is 0.279. The smallest absolute Gasteiger partial charge is 0.402 e. The van der Waals surface area contributed by atoms with Crippen molar-refractivity contribution < 1.29 is 66.5 Å². The molecule has 1 aromatic heterocycles. The molecule has 0 fully saturated rings. The summed E-state index contributed by atoms with van der Waals surface area (Å²) in [6, 6.07) is 6.43. The summed E-state index contributed by atoms with van der Waals surface area (Å²) in [7, 11) is -2.17. The van der Waals surface area contributed by atoms with E-state index >= 15 is 0 Å². The van der Waals surface area contributed by atoms with Crippen LogP contribution in [0.1, 0.15) is 0 Å². The third kappa shape index (κ3) is 18.1. The Morgan fingerprint density at radius 1 is 1.27 bits per heavy atom. The largest absolute Gasteiger partial charge is 1.00 e. The molecular formula is C5H7BKNO3. The van der Waals surface area contributed by atoms with Crippen LogP contribution >= 0.6 is 0 Å². The predicted octanol–water partition coefficient (Wildman–Crippen LogP) is -4.17. The third-order valence-corrected chi connectivity index (χ3v) is 0.514. The van der Waals surface area contributed by atoms with Crippen molar-refractivity contribution in [3.63, 3.8) is 0 Å². The van der Waals surface area contributed by atoms with Gasteiger partial charge in [-0.25, -0.2) is 12.1 Å². The first kappa shape index (κ1) is 14.3. The molecule has 11 heavy (non-hydrogen) atoms. The van der Waals surface area contributed by atoms with Crippen LogP contribution in [0.3, 0.4) is 0 Å². The second-order valence-electron chi connectivity index (χ2n) is 1.30. The minimum absolute atomic E-state index is 0. The number of hydrogen-bond donors (Lipinski definition) is 3. The van der Waals surface area contributed by atoms with Crippen LogP contribution in [0.5, 0.6) is 0 Å². The monoisotopic (exact) mass is 179 g/mol. The third-order valence-electron chi connectivity index (χ3n) is 0.514. The Labute approximate surface area is 108 Å². The first-order valence-electron chi connectivity index (χ1n) is 2.54. The summed E-state index contributed by atoms with van der Waals surface area (Å²) in [6.45, 7) is 0. The summed E-state index contributed by atoms with van der Waals surface area (Å²) < 4.78 is 0. The van der Waals surface area contributed by atoms with Crippen molar-refractivity contribution in [3.8, 4) is 0 Å². The Hall–Kier alpha value is 0.731. The molecule has 0 aliphatic heterocycles. The number of nitrogens with zero attached hydrogens (tertiary/aromatic N) is 1. The Bertz CT molecular complexity index is 122. The topological polar surface area (TPSA) is 73.6 Å². The van der Waals surface area contributed by atoms with Crippen LogP contribution in [0.25, 0.3) is 0 Å². The summed E-state index contributed by atoms with van der Waals surface area (Å²) in [5.41, 5.74) is 0. The standard InChI is InChI=1S/C5H4N.BH3O3.K/c1-2-4-6-5-3-1;2-1(3)4;/h1-2,4-5H;2-4H;/q-1;;+1. The number of pyridine rings is 1. The molecule has 6 heteroatoms. The van der Waals surface area contributed by atoms with Crippen LogP contribution in [0, 0.1) is 6.07 Å². The summed E-state index contributed by atoms with van der Waals surface area (Å²) in [4.78, 5) is 3.73. The molecule has 0 saturated heterocycles. The van der Waals surface area contributed by atoms with E-state index in [0.29, 0.717) is 0 Å². The fourth-order valence-corrected chi connectivity index (χ4v) is 0.277. The van der Waals surface area contributed by atoms with Gasteiger partial charge in [-0.2, -0.15) is 6.07 Å². The summed E-state index contributed by atoms with van der Waals surface area (Å²) in [5.74, 6) is 0. The molecule has 0 unspecified atom stereocenters. The molecule has 1 aromatic rings. The molecule has 0 aromatic carbocycles. The van der Waals surface area contributed by atoms with Gasteiger partial charge in [0.25, 0.3) is 0 Å². The van der Waals surface area contributed by atoms with E-state index in [1.165, 1.54) is 0 Å². The van der Waals surface area contributed by atoms with Crippen molar-refractivity contribution >= 4 is 7.32 Å². The maximum Gasteiger partial charge on any atom is 1.00 e. The Morgan fingerprint density at radius 2 is 1.82 bits per heavy atom. The van der Waals surface area contributed by atoms with Crippen LogP contribution in [0.15, 0.2) is 24.5 Å². The van der Waals surface area contributed by atoms with Gasteiger partial charge in [0.2, 0.25) is 0 Å². The molecule has 1 heterocycles. The fourth-order valence-electron chi connectivity index (χ4n) is 0.277. The molecule has 1 rings (SSSR count). The normalized spacial score (nSPS) is 6.82. The van der Waals surface area contributed by atoms with E-state index in [-0.39, 0.29) is 51.4 Å². The van der Waals surface area contributed by atoms with Crippen molar-refractivity contribution in [2.24, 2.45) is 0 Å².